The third kappa shape index (κ3) is 2.39. The van der Waals surface area contributed by atoms with Crippen LogP contribution >= 0.6 is 11.3 Å². The highest BCUT2D eigenvalue weighted by Gasteiger charge is 2.34. The Morgan fingerprint density at radius 2 is 2.07 bits per heavy atom. The van der Waals surface area contributed by atoms with E-state index in [9.17, 15) is 5.26 Å². The highest BCUT2D eigenvalue weighted by Crippen LogP contribution is 2.40. The zero-order valence-electron chi connectivity index (χ0n) is 10.0. The minimum atomic E-state index is -0.362. The van der Waals surface area contributed by atoms with Gasteiger partial charge in [-0.2, -0.15) is 5.26 Å². The summed E-state index contributed by atoms with van der Waals surface area (Å²) >= 11 is 1.74. The second-order valence-electron chi connectivity index (χ2n) is 4.67. The molecule has 0 N–H and O–H groups in total. The first kappa shape index (κ1) is 12.2. The monoisotopic (exact) mass is 222 g/mol. The van der Waals surface area contributed by atoms with E-state index in [0.717, 1.165) is 0 Å². The maximum atomic E-state index is 9.23. The lowest BCUT2D eigenvalue weighted by Gasteiger charge is -2.33. The van der Waals surface area contributed by atoms with Gasteiger partial charge in [-0.05, 0) is 51.9 Å². The largest absolute Gasteiger partial charge is 0.300 e. The Labute approximate surface area is 96.1 Å². The van der Waals surface area contributed by atoms with Gasteiger partial charge < -0.3 is 4.90 Å². The number of aryl methyl sites for hydroxylation is 1. The predicted octanol–water partition coefficient (Wildman–Crippen LogP) is 3.21. The van der Waals surface area contributed by atoms with Crippen molar-refractivity contribution in [2.45, 2.75) is 26.8 Å². The number of nitrogens with zero attached hydrogens (tertiary/aromatic N) is 2. The van der Waals surface area contributed by atoms with Crippen molar-refractivity contribution in [3.8, 4) is 6.07 Å². The van der Waals surface area contributed by atoms with Crippen molar-refractivity contribution in [3.63, 3.8) is 0 Å². The van der Waals surface area contributed by atoms with Crippen molar-refractivity contribution < 1.29 is 0 Å². The molecule has 82 valence electrons. The summed E-state index contributed by atoms with van der Waals surface area (Å²) < 4.78 is 0. The SMILES string of the molecule is Cc1ccsc1C(N(C)C)C(C)(C)C#N. The van der Waals surface area contributed by atoms with Crippen molar-refractivity contribution in [2.75, 3.05) is 14.1 Å². The maximum Gasteiger partial charge on any atom is 0.0722 e. The van der Waals surface area contributed by atoms with Crippen LogP contribution in [0.4, 0.5) is 0 Å². The van der Waals surface area contributed by atoms with E-state index in [-0.39, 0.29) is 11.5 Å². The number of nitriles is 1. The number of hydrogen-bond donors (Lipinski definition) is 0. The Kier molecular flexibility index (Phi) is 3.54. The van der Waals surface area contributed by atoms with Gasteiger partial charge in [-0.15, -0.1) is 11.3 Å². The second-order valence-corrected chi connectivity index (χ2v) is 5.62. The van der Waals surface area contributed by atoms with E-state index in [2.05, 4.69) is 29.3 Å². The third-order valence-electron chi connectivity index (χ3n) is 2.64. The molecule has 1 atom stereocenters. The molecule has 1 unspecified atom stereocenters. The molecule has 0 saturated heterocycles. The first-order valence-corrected chi connectivity index (χ1v) is 5.90. The molecule has 0 bridgehead atoms. The lowest BCUT2D eigenvalue weighted by atomic mass is 9.83. The molecule has 3 heteroatoms. The van der Waals surface area contributed by atoms with E-state index in [1.54, 1.807) is 11.3 Å². The van der Waals surface area contributed by atoms with Gasteiger partial charge in [-0.25, -0.2) is 0 Å². The zero-order valence-corrected chi connectivity index (χ0v) is 10.9. The minimum absolute atomic E-state index is 0.169. The molecule has 1 aromatic heterocycles. The van der Waals surface area contributed by atoms with Crippen LogP contribution < -0.4 is 0 Å². The third-order valence-corrected chi connectivity index (χ3v) is 3.71. The van der Waals surface area contributed by atoms with Crippen LogP contribution in [0.25, 0.3) is 0 Å². The van der Waals surface area contributed by atoms with Crippen LogP contribution in [-0.4, -0.2) is 19.0 Å². The summed E-state index contributed by atoms with van der Waals surface area (Å²) in [6.45, 7) is 6.10. The standard InChI is InChI=1S/C12H18N2S/c1-9-6-7-15-10(9)11(14(4)5)12(2,3)8-13/h6-7,11H,1-5H3. The van der Waals surface area contributed by atoms with Crippen molar-refractivity contribution in [1.82, 2.24) is 4.90 Å². The van der Waals surface area contributed by atoms with Crippen LogP contribution in [0.15, 0.2) is 11.4 Å². The zero-order chi connectivity index (χ0) is 11.6. The van der Waals surface area contributed by atoms with E-state index < -0.39 is 0 Å². The molecule has 0 aliphatic heterocycles. The fourth-order valence-electron chi connectivity index (χ4n) is 1.93. The molecule has 0 saturated carbocycles. The Bertz CT molecular complexity index is 371. The summed E-state index contributed by atoms with van der Waals surface area (Å²) in [5.74, 6) is 0. The summed E-state index contributed by atoms with van der Waals surface area (Å²) in [4.78, 5) is 3.42. The molecule has 0 radical (unpaired) electrons. The number of hydrogen-bond acceptors (Lipinski definition) is 3. The van der Waals surface area contributed by atoms with Gasteiger partial charge in [-0.3, -0.25) is 0 Å². The number of rotatable bonds is 3. The second kappa shape index (κ2) is 4.34. The van der Waals surface area contributed by atoms with Gasteiger partial charge in [-0.1, -0.05) is 0 Å². The highest BCUT2D eigenvalue weighted by atomic mass is 32.1. The van der Waals surface area contributed by atoms with E-state index in [0.29, 0.717) is 0 Å². The molecular weight excluding hydrogens is 204 g/mol. The first-order valence-electron chi connectivity index (χ1n) is 5.02. The quantitative estimate of drug-likeness (QED) is 0.785. The summed E-state index contributed by atoms with van der Waals surface area (Å²) in [7, 11) is 4.06. The summed E-state index contributed by atoms with van der Waals surface area (Å²) in [6.07, 6.45) is 0. The van der Waals surface area contributed by atoms with Gasteiger partial charge >= 0.3 is 0 Å². The van der Waals surface area contributed by atoms with Crippen LogP contribution in [0, 0.1) is 23.7 Å². The van der Waals surface area contributed by atoms with Crippen LogP contribution in [0.3, 0.4) is 0 Å². The van der Waals surface area contributed by atoms with E-state index in [1.165, 1.54) is 10.4 Å². The first-order chi connectivity index (χ1) is 6.90. The van der Waals surface area contributed by atoms with Crippen LogP contribution in [0.2, 0.25) is 0 Å². The smallest absolute Gasteiger partial charge is 0.0722 e. The van der Waals surface area contributed by atoms with E-state index in [4.69, 9.17) is 0 Å². The van der Waals surface area contributed by atoms with Crippen LogP contribution in [-0.2, 0) is 0 Å². The lowest BCUT2D eigenvalue weighted by Crippen LogP contribution is -2.32. The molecule has 0 aliphatic carbocycles. The molecule has 0 aromatic carbocycles. The van der Waals surface area contributed by atoms with Gasteiger partial charge in [0.15, 0.2) is 0 Å². The fraction of sp³-hybridized carbons (Fsp3) is 0.583. The summed E-state index contributed by atoms with van der Waals surface area (Å²) in [5.41, 5.74) is 0.918. The molecule has 0 amide bonds. The topological polar surface area (TPSA) is 27.0 Å². The molecule has 1 aromatic rings. The van der Waals surface area contributed by atoms with Crippen molar-refractivity contribution in [3.05, 3.63) is 21.9 Å². The van der Waals surface area contributed by atoms with Gasteiger partial charge in [0.05, 0.1) is 17.5 Å². The van der Waals surface area contributed by atoms with Crippen LogP contribution in [0.1, 0.15) is 30.3 Å². The Morgan fingerprint density at radius 1 is 1.47 bits per heavy atom. The lowest BCUT2D eigenvalue weighted by molar-refractivity contribution is 0.188. The average Bonchev–Trinajstić information content (AvgIpc) is 2.51. The molecule has 1 heterocycles. The van der Waals surface area contributed by atoms with Crippen molar-refractivity contribution in [2.24, 2.45) is 5.41 Å². The van der Waals surface area contributed by atoms with E-state index >= 15 is 0 Å². The van der Waals surface area contributed by atoms with E-state index in [1.807, 2.05) is 27.9 Å². The van der Waals surface area contributed by atoms with Crippen molar-refractivity contribution in [1.29, 1.82) is 5.26 Å². The fourth-order valence-corrected chi connectivity index (χ4v) is 3.24. The molecule has 0 fully saturated rings. The van der Waals surface area contributed by atoms with Crippen LogP contribution in [0.5, 0.6) is 0 Å². The van der Waals surface area contributed by atoms with Crippen molar-refractivity contribution >= 4 is 11.3 Å². The van der Waals surface area contributed by atoms with Gasteiger partial charge in [0.2, 0.25) is 0 Å². The Balaban J connectivity index is 3.17. The average molecular weight is 222 g/mol. The van der Waals surface area contributed by atoms with Gasteiger partial charge in [0.1, 0.15) is 0 Å². The highest BCUT2D eigenvalue weighted by molar-refractivity contribution is 7.10. The molecule has 0 aliphatic rings. The molecule has 0 spiro atoms. The summed E-state index contributed by atoms with van der Waals surface area (Å²) in [5, 5.41) is 11.3. The molecular formula is C12H18N2S. The molecule has 2 nitrogen and oxygen atoms in total. The van der Waals surface area contributed by atoms with Gasteiger partial charge in [0.25, 0.3) is 0 Å². The summed E-state index contributed by atoms with van der Waals surface area (Å²) in [6, 6.07) is 4.69. The predicted molar refractivity (Wildman–Crippen MR) is 64.9 cm³/mol. The maximum absolute atomic E-state index is 9.23. The molecule has 15 heavy (non-hydrogen) atoms. The van der Waals surface area contributed by atoms with Gasteiger partial charge in [0, 0.05) is 4.88 Å². The minimum Gasteiger partial charge on any atom is -0.300 e. The normalized spacial score (nSPS) is 13.9. The Morgan fingerprint density at radius 3 is 2.40 bits per heavy atom. The number of thiophene rings is 1. The molecule has 1 rings (SSSR count). The Hall–Kier alpha value is -0.850.